The summed E-state index contributed by atoms with van der Waals surface area (Å²) >= 11 is 0. The summed E-state index contributed by atoms with van der Waals surface area (Å²) in [5, 5.41) is 14.6. The van der Waals surface area contributed by atoms with Crippen molar-refractivity contribution >= 4 is 17.7 Å². The molecule has 0 heterocycles. The largest absolute Gasteiger partial charge is 0.481 e. The lowest BCUT2D eigenvalue weighted by Crippen LogP contribution is -2.32. The molecule has 0 aromatic rings. The van der Waals surface area contributed by atoms with E-state index in [-0.39, 0.29) is 17.7 Å². The lowest BCUT2D eigenvalue weighted by Gasteiger charge is -2.12. The Balaban J connectivity index is 3.26. The first-order valence-corrected chi connectivity index (χ1v) is 13.1. The maximum absolute atomic E-state index is 11.9. The zero-order valence-corrected chi connectivity index (χ0v) is 20.9. The molecule has 6 heteroatoms. The molecule has 0 aliphatic heterocycles. The highest BCUT2D eigenvalue weighted by atomic mass is 16.4. The average Bonchev–Trinajstić information content (AvgIpc) is 2.75. The minimum absolute atomic E-state index is 0.0567. The number of Topliss-reactive ketones (excluding diaryl/α,β-unsaturated/α-hetero) is 1. The van der Waals surface area contributed by atoms with Crippen molar-refractivity contribution in [1.29, 1.82) is 0 Å². The molecule has 1 amide bonds. The van der Waals surface area contributed by atoms with Gasteiger partial charge in [0.15, 0.2) is 0 Å². The van der Waals surface area contributed by atoms with E-state index in [9.17, 15) is 14.4 Å². The molecule has 0 unspecified atom stereocenters. The van der Waals surface area contributed by atoms with Gasteiger partial charge in [0.1, 0.15) is 5.78 Å². The number of aliphatic carboxylic acids is 1. The maximum Gasteiger partial charge on any atom is 0.303 e. The predicted molar refractivity (Wildman–Crippen MR) is 132 cm³/mol. The van der Waals surface area contributed by atoms with E-state index in [1.54, 1.807) is 6.92 Å². The Morgan fingerprint density at radius 3 is 1.50 bits per heavy atom. The Hall–Kier alpha value is -1.43. The van der Waals surface area contributed by atoms with E-state index in [0.29, 0.717) is 19.4 Å². The summed E-state index contributed by atoms with van der Waals surface area (Å²) in [6.07, 6.45) is 20.4. The molecule has 0 aromatic heterocycles. The molecule has 0 aliphatic carbocycles. The second-order valence-electron chi connectivity index (χ2n) is 9.14. The molecule has 0 aliphatic rings. The summed E-state index contributed by atoms with van der Waals surface area (Å²) in [7, 11) is 1.81. The van der Waals surface area contributed by atoms with Gasteiger partial charge in [-0.05, 0) is 46.1 Å². The minimum atomic E-state index is -0.677. The number of nitrogens with one attached hydrogen (secondary N) is 2. The molecule has 32 heavy (non-hydrogen) atoms. The van der Waals surface area contributed by atoms with E-state index < -0.39 is 5.97 Å². The van der Waals surface area contributed by atoms with Crippen molar-refractivity contribution in [2.24, 2.45) is 0 Å². The monoisotopic (exact) mass is 454 g/mol. The highest BCUT2D eigenvalue weighted by Gasteiger charge is 2.10. The summed E-state index contributed by atoms with van der Waals surface area (Å²) < 4.78 is 0. The number of amides is 1. The third kappa shape index (κ3) is 21.8. The van der Waals surface area contributed by atoms with Crippen molar-refractivity contribution in [3.8, 4) is 0 Å². The highest BCUT2D eigenvalue weighted by molar-refractivity contribution is 5.81. The Morgan fingerprint density at radius 1 is 0.656 bits per heavy atom. The molecule has 6 nitrogen and oxygen atoms in total. The lowest BCUT2D eigenvalue weighted by molar-refractivity contribution is -0.137. The van der Waals surface area contributed by atoms with Crippen LogP contribution in [0.3, 0.4) is 0 Å². The van der Waals surface area contributed by atoms with Crippen molar-refractivity contribution in [2.45, 2.75) is 135 Å². The molecular formula is C26H50N2O4. The lowest BCUT2D eigenvalue weighted by atomic mass is 10.0. The number of carbonyl (C=O) groups is 3. The number of likely N-dealkylation sites (N-methyl/N-ethyl adjacent to an activating group) is 1. The smallest absolute Gasteiger partial charge is 0.303 e. The van der Waals surface area contributed by atoms with Crippen molar-refractivity contribution < 1.29 is 19.5 Å². The molecular weight excluding hydrogens is 404 g/mol. The number of ketones is 1. The first kappa shape index (κ1) is 30.6. The SMILES string of the molecule is CN[C@@H](CCCCNC(=O)CCCCCCCCCCCCCCCCC(=O)O)C(C)=O. The molecule has 0 saturated carbocycles. The maximum atomic E-state index is 11.9. The Kier molecular flexibility index (Phi) is 21.7. The van der Waals surface area contributed by atoms with Crippen LogP contribution in [0, 0.1) is 0 Å². The average molecular weight is 455 g/mol. The van der Waals surface area contributed by atoms with Gasteiger partial charge in [-0.15, -0.1) is 0 Å². The third-order valence-electron chi connectivity index (χ3n) is 6.13. The predicted octanol–water partition coefficient (Wildman–Crippen LogP) is 5.78. The van der Waals surface area contributed by atoms with Gasteiger partial charge >= 0.3 is 5.97 Å². The normalized spacial score (nSPS) is 11.9. The number of hydrogen-bond donors (Lipinski definition) is 3. The van der Waals surface area contributed by atoms with Crippen LogP contribution in [0.4, 0.5) is 0 Å². The summed E-state index contributed by atoms with van der Waals surface area (Å²) in [5.74, 6) is -0.345. The zero-order chi connectivity index (χ0) is 23.9. The molecule has 0 saturated heterocycles. The number of unbranched alkanes of at least 4 members (excludes halogenated alkanes) is 14. The molecule has 0 aromatic carbocycles. The van der Waals surface area contributed by atoms with Gasteiger partial charge in [-0.2, -0.15) is 0 Å². The second kappa shape index (κ2) is 22.8. The van der Waals surface area contributed by atoms with E-state index in [1.165, 1.54) is 64.2 Å². The van der Waals surface area contributed by atoms with Crippen LogP contribution >= 0.6 is 0 Å². The van der Waals surface area contributed by atoms with Crippen LogP contribution in [0.5, 0.6) is 0 Å². The molecule has 0 radical (unpaired) electrons. The minimum Gasteiger partial charge on any atom is -0.481 e. The standard InChI is InChI=1S/C26H50N2O4/c1-23(29)24(27-2)19-17-18-22-28-25(30)20-15-13-11-9-7-5-3-4-6-8-10-12-14-16-21-26(31)32/h24,27H,3-22H2,1-2H3,(H,28,30)(H,31,32)/t24-/m0/s1. The quantitative estimate of drug-likeness (QED) is 0.161. The van der Waals surface area contributed by atoms with Crippen molar-refractivity contribution in [1.82, 2.24) is 10.6 Å². The number of carboxylic acids is 1. The number of carboxylic acid groups (broad SMARTS) is 1. The van der Waals surface area contributed by atoms with Gasteiger partial charge in [-0.1, -0.05) is 77.0 Å². The van der Waals surface area contributed by atoms with E-state index in [0.717, 1.165) is 44.9 Å². The second-order valence-corrected chi connectivity index (χ2v) is 9.14. The fourth-order valence-corrected chi connectivity index (χ4v) is 4.02. The van der Waals surface area contributed by atoms with Gasteiger partial charge in [-0.3, -0.25) is 14.4 Å². The van der Waals surface area contributed by atoms with Gasteiger partial charge in [0, 0.05) is 19.4 Å². The molecule has 1 atom stereocenters. The fraction of sp³-hybridized carbons (Fsp3) is 0.885. The molecule has 0 spiro atoms. The van der Waals surface area contributed by atoms with Crippen molar-refractivity contribution in [3.63, 3.8) is 0 Å². The summed E-state index contributed by atoms with van der Waals surface area (Å²) in [5.41, 5.74) is 0. The first-order chi connectivity index (χ1) is 15.5. The topological polar surface area (TPSA) is 95.5 Å². The van der Waals surface area contributed by atoms with Crippen LogP contribution in [0.25, 0.3) is 0 Å². The van der Waals surface area contributed by atoms with E-state index in [1.807, 2.05) is 7.05 Å². The number of rotatable bonds is 24. The Bertz CT molecular complexity index is 482. The van der Waals surface area contributed by atoms with Crippen LogP contribution in [0.2, 0.25) is 0 Å². The van der Waals surface area contributed by atoms with Crippen molar-refractivity contribution in [2.75, 3.05) is 13.6 Å². The summed E-state index contributed by atoms with van der Waals surface area (Å²) in [4.78, 5) is 33.6. The Morgan fingerprint density at radius 2 is 1.09 bits per heavy atom. The van der Waals surface area contributed by atoms with Crippen LogP contribution < -0.4 is 10.6 Å². The highest BCUT2D eigenvalue weighted by Crippen LogP contribution is 2.13. The molecule has 0 rings (SSSR count). The van der Waals surface area contributed by atoms with Gasteiger partial charge in [0.2, 0.25) is 5.91 Å². The van der Waals surface area contributed by atoms with Gasteiger partial charge < -0.3 is 15.7 Å². The number of carbonyl (C=O) groups excluding carboxylic acids is 2. The summed E-state index contributed by atoms with van der Waals surface area (Å²) in [6, 6.07) is -0.0567. The van der Waals surface area contributed by atoms with Crippen LogP contribution in [-0.4, -0.2) is 42.4 Å². The van der Waals surface area contributed by atoms with E-state index in [2.05, 4.69) is 10.6 Å². The van der Waals surface area contributed by atoms with Crippen LogP contribution in [0.1, 0.15) is 129 Å². The van der Waals surface area contributed by atoms with Crippen LogP contribution in [0.15, 0.2) is 0 Å². The first-order valence-electron chi connectivity index (χ1n) is 13.1. The zero-order valence-electron chi connectivity index (χ0n) is 20.9. The molecule has 0 fully saturated rings. The molecule has 0 bridgehead atoms. The third-order valence-corrected chi connectivity index (χ3v) is 6.13. The Labute approximate surface area is 196 Å². The number of hydrogen-bond acceptors (Lipinski definition) is 4. The van der Waals surface area contributed by atoms with Gasteiger partial charge in [0.05, 0.1) is 6.04 Å². The summed E-state index contributed by atoms with van der Waals surface area (Å²) in [6.45, 7) is 2.32. The van der Waals surface area contributed by atoms with Gasteiger partial charge in [-0.25, -0.2) is 0 Å². The van der Waals surface area contributed by atoms with Crippen molar-refractivity contribution in [3.05, 3.63) is 0 Å². The van der Waals surface area contributed by atoms with E-state index >= 15 is 0 Å². The fourth-order valence-electron chi connectivity index (χ4n) is 4.02. The van der Waals surface area contributed by atoms with Gasteiger partial charge in [0.25, 0.3) is 0 Å². The van der Waals surface area contributed by atoms with E-state index in [4.69, 9.17) is 5.11 Å². The molecule has 188 valence electrons. The van der Waals surface area contributed by atoms with Crippen LogP contribution in [-0.2, 0) is 14.4 Å². The molecule has 3 N–H and O–H groups in total.